The maximum absolute atomic E-state index is 13.6. The van der Waals surface area contributed by atoms with E-state index in [2.05, 4.69) is 15.3 Å². The zero-order valence-corrected chi connectivity index (χ0v) is 9.94. The van der Waals surface area contributed by atoms with Gasteiger partial charge in [-0.1, -0.05) is 0 Å². The van der Waals surface area contributed by atoms with Crippen molar-refractivity contribution in [1.29, 1.82) is 0 Å². The average Bonchev–Trinajstić information content (AvgIpc) is 2.68. The van der Waals surface area contributed by atoms with Crippen LogP contribution < -0.4 is 5.32 Å². The highest BCUT2D eigenvalue weighted by atomic mass is 32.1. The van der Waals surface area contributed by atoms with Crippen molar-refractivity contribution < 1.29 is 4.39 Å². The highest BCUT2D eigenvalue weighted by Gasteiger charge is 2.10. The molecule has 0 aromatic carbocycles. The van der Waals surface area contributed by atoms with E-state index in [1.165, 1.54) is 17.5 Å². The minimum atomic E-state index is -0.386. The SMILES string of the molecule is CCNc1ncc(F)c(-c2ccc(C)s2)n1. The van der Waals surface area contributed by atoms with Crippen LogP contribution in [0.5, 0.6) is 0 Å². The van der Waals surface area contributed by atoms with Gasteiger partial charge >= 0.3 is 0 Å². The van der Waals surface area contributed by atoms with Gasteiger partial charge in [0.25, 0.3) is 0 Å². The lowest BCUT2D eigenvalue weighted by Crippen LogP contribution is -2.03. The van der Waals surface area contributed by atoms with Gasteiger partial charge in [-0.15, -0.1) is 11.3 Å². The van der Waals surface area contributed by atoms with E-state index in [-0.39, 0.29) is 5.82 Å². The highest BCUT2D eigenvalue weighted by molar-refractivity contribution is 7.15. The van der Waals surface area contributed by atoms with Gasteiger partial charge in [-0.2, -0.15) is 0 Å². The first-order chi connectivity index (χ1) is 7.70. The molecule has 2 heterocycles. The lowest BCUT2D eigenvalue weighted by molar-refractivity contribution is 0.619. The third-order valence-corrected chi connectivity index (χ3v) is 3.06. The van der Waals surface area contributed by atoms with E-state index >= 15 is 0 Å². The van der Waals surface area contributed by atoms with E-state index < -0.39 is 0 Å². The normalized spacial score (nSPS) is 10.4. The summed E-state index contributed by atoms with van der Waals surface area (Å²) in [6.45, 7) is 4.65. The molecule has 0 amide bonds. The fourth-order valence-electron chi connectivity index (χ4n) is 1.35. The number of thiophene rings is 1. The molecular formula is C11H12FN3S. The molecule has 0 aliphatic heterocycles. The number of hydrogen-bond donors (Lipinski definition) is 1. The molecular weight excluding hydrogens is 225 g/mol. The minimum Gasteiger partial charge on any atom is -0.354 e. The van der Waals surface area contributed by atoms with Gasteiger partial charge in [-0.05, 0) is 26.0 Å². The van der Waals surface area contributed by atoms with Crippen molar-refractivity contribution in [1.82, 2.24) is 9.97 Å². The topological polar surface area (TPSA) is 37.8 Å². The first kappa shape index (κ1) is 11.0. The zero-order valence-electron chi connectivity index (χ0n) is 9.12. The third-order valence-electron chi connectivity index (χ3n) is 2.05. The van der Waals surface area contributed by atoms with Gasteiger partial charge in [-0.3, -0.25) is 0 Å². The number of anilines is 1. The molecule has 1 N–H and O–H groups in total. The summed E-state index contributed by atoms with van der Waals surface area (Å²) in [7, 11) is 0. The van der Waals surface area contributed by atoms with Crippen LogP contribution in [-0.4, -0.2) is 16.5 Å². The highest BCUT2D eigenvalue weighted by Crippen LogP contribution is 2.28. The third kappa shape index (κ3) is 2.19. The van der Waals surface area contributed by atoms with Crippen LogP contribution in [0, 0.1) is 12.7 Å². The first-order valence-electron chi connectivity index (χ1n) is 5.04. The Morgan fingerprint density at radius 2 is 2.25 bits per heavy atom. The molecule has 16 heavy (non-hydrogen) atoms. The zero-order chi connectivity index (χ0) is 11.5. The van der Waals surface area contributed by atoms with Crippen molar-refractivity contribution in [3.8, 4) is 10.6 Å². The summed E-state index contributed by atoms with van der Waals surface area (Å²) in [6.07, 6.45) is 1.20. The van der Waals surface area contributed by atoms with Crippen LogP contribution in [0.3, 0.4) is 0 Å². The summed E-state index contributed by atoms with van der Waals surface area (Å²) in [5, 5.41) is 2.97. The van der Waals surface area contributed by atoms with Crippen molar-refractivity contribution >= 4 is 17.3 Å². The summed E-state index contributed by atoms with van der Waals surface area (Å²) in [5.74, 6) is 0.0773. The number of aryl methyl sites for hydroxylation is 1. The van der Waals surface area contributed by atoms with Crippen LogP contribution >= 0.6 is 11.3 Å². The monoisotopic (exact) mass is 237 g/mol. The number of halogens is 1. The fraction of sp³-hybridized carbons (Fsp3) is 0.273. The molecule has 0 bridgehead atoms. The Bertz CT molecular complexity index is 496. The molecule has 2 aromatic heterocycles. The van der Waals surface area contributed by atoms with Crippen LogP contribution in [0.15, 0.2) is 18.3 Å². The van der Waals surface area contributed by atoms with Gasteiger partial charge in [-0.25, -0.2) is 14.4 Å². The Morgan fingerprint density at radius 3 is 2.88 bits per heavy atom. The molecule has 0 saturated carbocycles. The molecule has 2 rings (SSSR count). The van der Waals surface area contributed by atoms with Gasteiger partial charge in [0, 0.05) is 11.4 Å². The van der Waals surface area contributed by atoms with Gasteiger partial charge in [0.1, 0.15) is 5.69 Å². The second-order valence-electron chi connectivity index (χ2n) is 3.33. The molecule has 0 radical (unpaired) electrons. The molecule has 0 atom stereocenters. The first-order valence-corrected chi connectivity index (χ1v) is 5.85. The fourth-order valence-corrected chi connectivity index (χ4v) is 2.20. The lowest BCUT2D eigenvalue weighted by Gasteiger charge is -2.03. The Labute approximate surface area is 97.4 Å². The summed E-state index contributed by atoms with van der Waals surface area (Å²) in [5.41, 5.74) is 0.365. The van der Waals surface area contributed by atoms with Crippen molar-refractivity contribution in [2.75, 3.05) is 11.9 Å². The number of hydrogen-bond acceptors (Lipinski definition) is 4. The standard InChI is InChI=1S/C11H12FN3S/c1-3-13-11-14-6-8(12)10(15-11)9-5-4-7(2)16-9/h4-6H,3H2,1-2H3,(H,13,14,15). The summed E-state index contributed by atoms with van der Waals surface area (Å²) in [6, 6.07) is 3.83. The van der Waals surface area contributed by atoms with Crippen LogP contribution in [-0.2, 0) is 0 Å². The Balaban J connectivity index is 2.42. The molecule has 0 spiro atoms. The second-order valence-corrected chi connectivity index (χ2v) is 4.62. The van der Waals surface area contributed by atoms with E-state index in [0.717, 1.165) is 9.75 Å². The molecule has 0 saturated heterocycles. The van der Waals surface area contributed by atoms with Gasteiger partial charge in [0.2, 0.25) is 5.95 Å². The van der Waals surface area contributed by atoms with Crippen molar-refractivity contribution in [2.45, 2.75) is 13.8 Å². The summed E-state index contributed by atoms with van der Waals surface area (Å²) >= 11 is 1.52. The Hall–Kier alpha value is -1.49. The molecule has 0 unspecified atom stereocenters. The molecule has 5 heteroatoms. The number of nitrogens with one attached hydrogen (secondary N) is 1. The predicted molar refractivity (Wildman–Crippen MR) is 64.2 cm³/mol. The van der Waals surface area contributed by atoms with E-state index in [4.69, 9.17) is 0 Å². The average molecular weight is 237 g/mol. The van der Waals surface area contributed by atoms with Gasteiger partial charge in [0.05, 0.1) is 11.1 Å². The molecule has 84 valence electrons. The Morgan fingerprint density at radius 1 is 1.44 bits per heavy atom. The molecule has 2 aromatic rings. The summed E-state index contributed by atoms with van der Waals surface area (Å²) in [4.78, 5) is 9.99. The second kappa shape index (κ2) is 4.57. The molecule has 0 fully saturated rings. The number of aromatic nitrogens is 2. The Kier molecular flexibility index (Phi) is 3.14. The smallest absolute Gasteiger partial charge is 0.223 e. The van der Waals surface area contributed by atoms with E-state index in [1.807, 2.05) is 26.0 Å². The van der Waals surface area contributed by atoms with Gasteiger partial charge in [0.15, 0.2) is 5.82 Å². The maximum atomic E-state index is 13.6. The molecule has 0 aliphatic carbocycles. The van der Waals surface area contributed by atoms with Crippen LogP contribution in [0.2, 0.25) is 0 Å². The lowest BCUT2D eigenvalue weighted by atomic mass is 10.3. The maximum Gasteiger partial charge on any atom is 0.223 e. The summed E-state index contributed by atoms with van der Waals surface area (Å²) < 4.78 is 13.6. The number of nitrogens with zero attached hydrogens (tertiary/aromatic N) is 2. The van der Waals surface area contributed by atoms with Crippen molar-refractivity contribution in [3.05, 3.63) is 29.0 Å². The quantitative estimate of drug-likeness (QED) is 0.891. The van der Waals surface area contributed by atoms with Gasteiger partial charge < -0.3 is 5.32 Å². The molecule has 0 aliphatic rings. The molecule has 3 nitrogen and oxygen atoms in total. The van der Waals surface area contributed by atoms with Crippen molar-refractivity contribution in [2.24, 2.45) is 0 Å². The van der Waals surface area contributed by atoms with E-state index in [1.54, 1.807) is 0 Å². The van der Waals surface area contributed by atoms with E-state index in [9.17, 15) is 4.39 Å². The largest absolute Gasteiger partial charge is 0.354 e. The van der Waals surface area contributed by atoms with Crippen molar-refractivity contribution in [3.63, 3.8) is 0 Å². The van der Waals surface area contributed by atoms with E-state index in [0.29, 0.717) is 18.2 Å². The van der Waals surface area contributed by atoms with Crippen LogP contribution in [0.25, 0.3) is 10.6 Å². The van der Waals surface area contributed by atoms with Crippen LogP contribution in [0.1, 0.15) is 11.8 Å². The number of rotatable bonds is 3. The van der Waals surface area contributed by atoms with Crippen LogP contribution in [0.4, 0.5) is 10.3 Å². The minimum absolute atomic E-state index is 0.365. The predicted octanol–water partition coefficient (Wildman–Crippen LogP) is 3.08.